The maximum atomic E-state index is 6.14. The minimum absolute atomic E-state index is 0.530. The van der Waals surface area contributed by atoms with Gasteiger partial charge in [-0.15, -0.1) is 0 Å². The first-order valence-electron chi connectivity index (χ1n) is 8.79. The first kappa shape index (κ1) is 15.2. The zero-order valence-corrected chi connectivity index (χ0v) is 14.1. The van der Waals surface area contributed by atoms with Gasteiger partial charge in [0.25, 0.3) is 0 Å². The maximum absolute atomic E-state index is 6.14. The molecule has 3 aromatic rings. The Labute approximate surface area is 141 Å². The van der Waals surface area contributed by atoms with Crippen LogP contribution in [0.25, 0.3) is 21.9 Å². The van der Waals surface area contributed by atoms with Crippen LogP contribution < -0.4 is 16.0 Å². The lowest BCUT2D eigenvalue weighted by Crippen LogP contribution is -2.43. The zero-order chi connectivity index (χ0) is 16.5. The highest BCUT2D eigenvalue weighted by Gasteiger charge is 2.15. The first-order valence-corrected chi connectivity index (χ1v) is 8.79. The Morgan fingerprint density at radius 3 is 2.83 bits per heavy atom. The lowest BCUT2D eigenvalue weighted by Gasteiger charge is -2.29. The van der Waals surface area contributed by atoms with Gasteiger partial charge in [-0.3, -0.25) is 0 Å². The van der Waals surface area contributed by atoms with Gasteiger partial charge in [0.15, 0.2) is 0 Å². The summed E-state index contributed by atoms with van der Waals surface area (Å²) in [5.74, 6) is 1.53. The van der Waals surface area contributed by atoms with Crippen LogP contribution in [0.15, 0.2) is 18.2 Å². The second-order valence-corrected chi connectivity index (χ2v) is 6.45. The number of nitrogens with one attached hydrogen (secondary N) is 2. The summed E-state index contributed by atoms with van der Waals surface area (Å²) in [5, 5.41) is 4.47. The van der Waals surface area contributed by atoms with Crippen LogP contribution in [0.5, 0.6) is 0 Å². The number of piperazine rings is 1. The monoisotopic (exact) mass is 324 g/mol. The third kappa shape index (κ3) is 2.67. The SMILES string of the molecule is CCCCc1nc2c([nH]1)c(N)nc1ccc(N3CCNCC3)cc12. The van der Waals surface area contributed by atoms with Crippen molar-refractivity contribution in [2.45, 2.75) is 26.2 Å². The summed E-state index contributed by atoms with van der Waals surface area (Å²) in [6.07, 6.45) is 3.22. The molecule has 6 heteroatoms. The summed E-state index contributed by atoms with van der Waals surface area (Å²) in [6.45, 7) is 6.29. The number of nitrogen functional groups attached to an aromatic ring is 1. The molecular weight excluding hydrogens is 300 g/mol. The van der Waals surface area contributed by atoms with Gasteiger partial charge in [0.05, 0.1) is 5.52 Å². The lowest BCUT2D eigenvalue weighted by molar-refractivity contribution is 0.589. The Kier molecular flexibility index (Phi) is 3.98. The largest absolute Gasteiger partial charge is 0.382 e. The van der Waals surface area contributed by atoms with Crippen molar-refractivity contribution in [1.29, 1.82) is 0 Å². The van der Waals surface area contributed by atoms with Gasteiger partial charge >= 0.3 is 0 Å². The molecule has 4 N–H and O–H groups in total. The molecule has 0 bridgehead atoms. The molecule has 126 valence electrons. The van der Waals surface area contributed by atoms with Crippen molar-refractivity contribution < 1.29 is 0 Å². The number of anilines is 2. The smallest absolute Gasteiger partial charge is 0.150 e. The van der Waals surface area contributed by atoms with Gasteiger partial charge in [0.1, 0.15) is 22.7 Å². The molecule has 0 spiro atoms. The number of aromatic amines is 1. The summed E-state index contributed by atoms with van der Waals surface area (Å²) >= 11 is 0. The van der Waals surface area contributed by atoms with E-state index in [-0.39, 0.29) is 0 Å². The number of benzene rings is 1. The molecule has 4 rings (SSSR count). The molecule has 0 unspecified atom stereocenters. The summed E-state index contributed by atoms with van der Waals surface area (Å²) in [7, 11) is 0. The molecule has 0 amide bonds. The van der Waals surface area contributed by atoms with E-state index in [0.717, 1.165) is 73.2 Å². The molecule has 6 nitrogen and oxygen atoms in total. The maximum Gasteiger partial charge on any atom is 0.150 e. The molecule has 1 aliphatic rings. The highest BCUT2D eigenvalue weighted by atomic mass is 15.2. The van der Waals surface area contributed by atoms with Crippen LogP contribution in [0.4, 0.5) is 11.5 Å². The number of nitrogens with zero attached hydrogens (tertiary/aromatic N) is 3. The Morgan fingerprint density at radius 2 is 2.04 bits per heavy atom. The number of hydrogen-bond acceptors (Lipinski definition) is 5. The Bertz CT molecular complexity index is 863. The number of pyridine rings is 1. The number of aryl methyl sites for hydroxylation is 1. The van der Waals surface area contributed by atoms with Crippen LogP contribution in [0, 0.1) is 0 Å². The van der Waals surface area contributed by atoms with E-state index < -0.39 is 0 Å². The Morgan fingerprint density at radius 1 is 1.21 bits per heavy atom. The molecule has 0 aliphatic carbocycles. The van der Waals surface area contributed by atoms with E-state index in [1.165, 1.54) is 5.69 Å². The number of unbranched alkanes of at least 4 members (excludes halogenated alkanes) is 1. The second kappa shape index (κ2) is 6.28. The van der Waals surface area contributed by atoms with Gasteiger partial charge in [-0.2, -0.15) is 0 Å². The second-order valence-electron chi connectivity index (χ2n) is 6.45. The highest BCUT2D eigenvalue weighted by molar-refractivity contribution is 6.07. The van der Waals surface area contributed by atoms with Gasteiger partial charge in [-0.25, -0.2) is 9.97 Å². The predicted octanol–water partition coefficient (Wildman–Crippen LogP) is 2.45. The molecule has 0 saturated carbocycles. The van der Waals surface area contributed by atoms with Crippen LogP contribution in [-0.4, -0.2) is 41.1 Å². The third-order valence-electron chi connectivity index (χ3n) is 4.73. The van der Waals surface area contributed by atoms with E-state index in [0.29, 0.717) is 5.82 Å². The van der Waals surface area contributed by atoms with E-state index >= 15 is 0 Å². The van der Waals surface area contributed by atoms with Gasteiger partial charge in [-0.05, 0) is 24.6 Å². The third-order valence-corrected chi connectivity index (χ3v) is 4.73. The number of rotatable bonds is 4. The quantitative estimate of drug-likeness (QED) is 0.686. The van der Waals surface area contributed by atoms with Crippen molar-refractivity contribution in [1.82, 2.24) is 20.3 Å². The van der Waals surface area contributed by atoms with Crippen LogP contribution in [-0.2, 0) is 6.42 Å². The van der Waals surface area contributed by atoms with Crippen molar-refractivity contribution in [2.75, 3.05) is 36.8 Å². The van der Waals surface area contributed by atoms with E-state index in [2.05, 4.69) is 45.3 Å². The lowest BCUT2D eigenvalue weighted by atomic mass is 10.1. The molecule has 1 fully saturated rings. The molecule has 2 aromatic heterocycles. The van der Waals surface area contributed by atoms with Crippen molar-refractivity contribution in [2.24, 2.45) is 0 Å². The van der Waals surface area contributed by atoms with E-state index in [9.17, 15) is 0 Å². The number of H-pyrrole nitrogens is 1. The number of aromatic nitrogens is 3. The number of fused-ring (bicyclic) bond motifs is 3. The fourth-order valence-corrected chi connectivity index (χ4v) is 3.38. The normalized spacial score (nSPS) is 15.5. The predicted molar refractivity (Wildman–Crippen MR) is 99.5 cm³/mol. The minimum atomic E-state index is 0.530. The Balaban J connectivity index is 1.82. The summed E-state index contributed by atoms with van der Waals surface area (Å²) in [6, 6.07) is 6.40. The summed E-state index contributed by atoms with van der Waals surface area (Å²) in [4.78, 5) is 15.2. The van der Waals surface area contributed by atoms with Gasteiger partial charge in [0.2, 0.25) is 0 Å². The molecule has 0 radical (unpaired) electrons. The average molecular weight is 324 g/mol. The van der Waals surface area contributed by atoms with E-state index in [1.807, 2.05) is 0 Å². The zero-order valence-electron chi connectivity index (χ0n) is 14.1. The summed E-state index contributed by atoms with van der Waals surface area (Å²) in [5.41, 5.74) is 10.1. The molecule has 24 heavy (non-hydrogen) atoms. The molecule has 1 aromatic carbocycles. The van der Waals surface area contributed by atoms with Crippen molar-refractivity contribution in [3.63, 3.8) is 0 Å². The van der Waals surface area contributed by atoms with Crippen molar-refractivity contribution in [3.05, 3.63) is 24.0 Å². The van der Waals surface area contributed by atoms with Gasteiger partial charge in [0, 0.05) is 43.7 Å². The molecule has 1 aliphatic heterocycles. The first-order chi connectivity index (χ1) is 11.8. The van der Waals surface area contributed by atoms with Crippen molar-refractivity contribution >= 4 is 33.4 Å². The minimum Gasteiger partial charge on any atom is -0.382 e. The van der Waals surface area contributed by atoms with Crippen LogP contribution in [0.2, 0.25) is 0 Å². The van der Waals surface area contributed by atoms with Crippen LogP contribution >= 0.6 is 0 Å². The Hall–Kier alpha value is -2.34. The number of nitrogens with two attached hydrogens (primary N) is 1. The highest BCUT2D eigenvalue weighted by Crippen LogP contribution is 2.30. The number of hydrogen-bond donors (Lipinski definition) is 3. The van der Waals surface area contributed by atoms with Crippen LogP contribution in [0.3, 0.4) is 0 Å². The van der Waals surface area contributed by atoms with Crippen molar-refractivity contribution in [3.8, 4) is 0 Å². The summed E-state index contributed by atoms with van der Waals surface area (Å²) < 4.78 is 0. The van der Waals surface area contributed by atoms with E-state index in [1.54, 1.807) is 0 Å². The molecule has 1 saturated heterocycles. The van der Waals surface area contributed by atoms with E-state index in [4.69, 9.17) is 10.7 Å². The fourth-order valence-electron chi connectivity index (χ4n) is 3.38. The van der Waals surface area contributed by atoms with Gasteiger partial charge < -0.3 is 20.9 Å². The van der Waals surface area contributed by atoms with Gasteiger partial charge in [-0.1, -0.05) is 13.3 Å². The standard InChI is InChI=1S/C18H24N6/c1-2-3-4-15-22-16-13-11-12(24-9-7-20-8-10-24)5-6-14(13)21-18(19)17(16)23-15/h5-6,11,20H,2-4,7-10H2,1H3,(H2,19,21)(H,22,23). The van der Waals surface area contributed by atoms with Crippen LogP contribution in [0.1, 0.15) is 25.6 Å². The average Bonchev–Trinajstić information content (AvgIpc) is 3.06. The molecule has 3 heterocycles. The topological polar surface area (TPSA) is 82.9 Å². The molecular formula is C18H24N6. The number of imidazole rings is 1. The fraction of sp³-hybridized carbons (Fsp3) is 0.444. The molecule has 0 atom stereocenters.